The minimum absolute atomic E-state index is 0.186. The highest BCUT2D eigenvalue weighted by Gasteiger charge is 2.37. The van der Waals surface area contributed by atoms with Gasteiger partial charge in [-0.2, -0.15) is 0 Å². The highest BCUT2D eigenvalue weighted by atomic mass is 15.2. The van der Waals surface area contributed by atoms with E-state index in [1.807, 2.05) is 6.34 Å². The molecule has 1 unspecified atom stereocenters. The molecule has 0 amide bonds. The number of hydrogen-bond donors (Lipinski definition) is 0. The summed E-state index contributed by atoms with van der Waals surface area (Å²) >= 11 is 0. The molecular formula is C22H28N2. The summed E-state index contributed by atoms with van der Waals surface area (Å²) in [6, 6.07) is 15.6. The highest BCUT2D eigenvalue weighted by Crippen LogP contribution is 2.44. The molecular weight excluding hydrogens is 292 g/mol. The van der Waals surface area contributed by atoms with E-state index in [0.29, 0.717) is 5.92 Å². The van der Waals surface area contributed by atoms with E-state index in [0.717, 1.165) is 5.69 Å². The molecule has 3 rings (SSSR count). The number of aryl methyl sites for hydroxylation is 1. The molecule has 0 bridgehead atoms. The first-order valence-corrected chi connectivity index (χ1v) is 9.00. The average molecular weight is 320 g/mol. The number of aliphatic imine (C=N–C) groups is 1. The lowest BCUT2D eigenvalue weighted by molar-refractivity contribution is 0.291. The third kappa shape index (κ3) is 2.54. The van der Waals surface area contributed by atoms with Gasteiger partial charge in [0.05, 0.1) is 17.6 Å². The van der Waals surface area contributed by atoms with E-state index in [4.69, 9.17) is 4.99 Å². The first-order valence-electron chi connectivity index (χ1n) is 9.00. The number of benzene rings is 2. The van der Waals surface area contributed by atoms with Crippen LogP contribution in [-0.2, 0) is 5.54 Å². The van der Waals surface area contributed by atoms with Crippen molar-refractivity contribution >= 4 is 12.0 Å². The van der Waals surface area contributed by atoms with Gasteiger partial charge in [-0.3, -0.25) is 0 Å². The van der Waals surface area contributed by atoms with Crippen LogP contribution in [0.1, 0.15) is 61.8 Å². The second-order valence-electron chi connectivity index (χ2n) is 7.03. The van der Waals surface area contributed by atoms with Crippen LogP contribution >= 0.6 is 0 Å². The quantitative estimate of drug-likeness (QED) is 0.698. The summed E-state index contributed by atoms with van der Waals surface area (Å²) in [5, 5.41) is 0. The van der Waals surface area contributed by atoms with Gasteiger partial charge in [0.1, 0.15) is 0 Å². The fourth-order valence-corrected chi connectivity index (χ4v) is 3.99. The molecule has 1 aliphatic rings. The Labute approximate surface area is 146 Å². The lowest BCUT2D eigenvalue weighted by Crippen LogP contribution is -2.43. The molecule has 2 aromatic carbocycles. The lowest BCUT2D eigenvalue weighted by Gasteiger charge is -2.43. The van der Waals surface area contributed by atoms with E-state index in [1.165, 1.54) is 35.1 Å². The second-order valence-corrected chi connectivity index (χ2v) is 7.03. The first-order chi connectivity index (χ1) is 11.5. The fourth-order valence-electron chi connectivity index (χ4n) is 3.99. The molecule has 1 heterocycles. The SMILES string of the molecule is CCC(CC)c1ccc2c(c1)N=CN(C)C2(C)c1ccccc1C. The Balaban J connectivity index is 2.16. The topological polar surface area (TPSA) is 15.6 Å². The molecule has 0 fully saturated rings. The van der Waals surface area contributed by atoms with E-state index >= 15 is 0 Å². The van der Waals surface area contributed by atoms with Gasteiger partial charge in [-0.05, 0) is 55.4 Å². The van der Waals surface area contributed by atoms with Gasteiger partial charge < -0.3 is 4.90 Å². The maximum Gasteiger partial charge on any atom is 0.0919 e. The summed E-state index contributed by atoms with van der Waals surface area (Å²) in [6.45, 7) is 9.03. The zero-order chi connectivity index (χ0) is 17.3. The normalized spacial score (nSPS) is 19.7. The van der Waals surface area contributed by atoms with Crippen LogP contribution in [0.4, 0.5) is 5.69 Å². The summed E-state index contributed by atoms with van der Waals surface area (Å²) in [4.78, 5) is 6.97. The predicted octanol–water partition coefficient (Wildman–Crippen LogP) is 5.77. The number of nitrogens with zero attached hydrogens (tertiary/aromatic N) is 2. The van der Waals surface area contributed by atoms with E-state index in [9.17, 15) is 0 Å². The molecule has 0 aliphatic carbocycles. The lowest BCUT2D eigenvalue weighted by atomic mass is 9.78. The maximum absolute atomic E-state index is 4.74. The van der Waals surface area contributed by atoms with Crippen LogP contribution in [0.15, 0.2) is 47.5 Å². The number of hydrogen-bond acceptors (Lipinski definition) is 2. The van der Waals surface area contributed by atoms with Gasteiger partial charge in [-0.1, -0.05) is 50.2 Å². The number of fused-ring (bicyclic) bond motifs is 1. The molecule has 0 radical (unpaired) electrons. The summed E-state index contributed by atoms with van der Waals surface area (Å²) in [6.07, 6.45) is 4.33. The Bertz CT molecular complexity index is 758. The minimum atomic E-state index is -0.186. The van der Waals surface area contributed by atoms with Gasteiger partial charge in [0.25, 0.3) is 0 Å². The molecule has 0 saturated heterocycles. The molecule has 2 aromatic rings. The minimum Gasteiger partial charge on any atom is -0.352 e. The zero-order valence-electron chi connectivity index (χ0n) is 15.5. The summed E-state index contributed by atoms with van der Waals surface area (Å²) in [5.41, 5.74) is 6.29. The number of rotatable bonds is 4. The Kier molecular flexibility index (Phi) is 4.49. The molecule has 0 aromatic heterocycles. The van der Waals surface area contributed by atoms with E-state index < -0.39 is 0 Å². The monoisotopic (exact) mass is 320 g/mol. The van der Waals surface area contributed by atoms with Crippen LogP contribution in [0.5, 0.6) is 0 Å². The van der Waals surface area contributed by atoms with Crippen LogP contribution in [0, 0.1) is 6.92 Å². The molecule has 2 heteroatoms. The molecule has 126 valence electrons. The standard InChI is InChI=1S/C22H28N2/c1-6-17(7-2)18-12-13-20-21(14-18)23-15-24(5)22(20,4)19-11-9-8-10-16(19)3/h8-15,17H,6-7H2,1-5H3. The van der Waals surface area contributed by atoms with Crippen molar-refractivity contribution in [2.45, 2.75) is 52.0 Å². The largest absolute Gasteiger partial charge is 0.352 e. The van der Waals surface area contributed by atoms with Crippen molar-refractivity contribution in [2.24, 2.45) is 4.99 Å². The van der Waals surface area contributed by atoms with Gasteiger partial charge >= 0.3 is 0 Å². The van der Waals surface area contributed by atoms with Crippen molar-refractivity contribution in [3.8, 4) is 0 Å². The molecule has 24 heavy (non-hydrogen) atoms. The maximum atomic E-state index is 4.74. The zero-order valence-corrected chi connectivity index (χ0v) is 15.5. The van der Waals surface area contributed by atoms with Crippen LogP contribution in [-0.4, -0.2) is 18.3 Å². The van der Waals surface area contributed by atoms with E-state index in [-0.39, 0.29) is 5.54 Å². The van der Waals surface area contributed by atoms with Gasteiger partial charge in [-0.15, -0.1) is 0 Å². The van der Waals surface area contributed by atoms with Crippen LogP contribution < -0.4 is 0 Å². The van der Waals surface area contributed by atoms with E-state index in [2.05, 4.69) is 82.1 Å². The summed E-state index contributed by atoms with van der Waals surface area (Å²) < 4.78 is 0. The van der Waals surface area contributed by atoms with Gasteiger partial charge in [0.15, 0.2) is 0 Å². The van der Waals surface area contributed by atoms with Crippen molar-refractivity contribution in [3.05, 3.63) is 64.7 Å². The van der Waals surface area contributed by atoms with Crippen molar-refractivity contribution in [1.29, 1.82) is 0 Å². The van der Waals surface area contributed by atoms with Crippen molar-refractivity contribution < 1.29 is 0 Å². The van der Waals surface area contributed by atoms with Gasteiger partial charge in [0.2, 0.25) is 0 Å². The Morgan fingerprint density at radius 2 is 1.75 bits per heavy atom. The second kappa shape index (κ2) is 6.43. The predicted molar refractivity (Wildman–Crippen MR) is 103 cm³/mol. The average Bonchev–Trinajstić information content (AvgIpc) is 2.60. The smallest absolute Gasteiger partial charge is 0.0919 e. The first kappa shape index (κ1) is 16.8. The van der Waals surface area contributed by atoms with Gasteiger partial charge in [0, 0.05) is 12.6 Å². The van der Waals surface area contributed by atoms with Crippen molar-refractivity contribution in [1.82, 2.24) is 4.90 Å². The molecule has 0 N–H and O–H groups in total. The van der Waals surface area contributed by atoms with Crippen LogP contribution in [0.2, 0.25) is 0 Å². The summed E-state index contributed by atoms with van der Waals surface area (Å²) in [7, 11) is 2.12. The van der Waals surface area contributed by atoms with E-state index in [1.54, 1.807) is 0 Å². The highest BCUT2D eigenvalue weighted by molar-refractivity contribution is 5.72. The third-order valence-corrected chi connectivity index (χ3v) is 5.75. The van der Waals surface area contributed by atoms with Crippen molar-refractivity contribution in [2.75, 3.05) is 7.05 Å². The molecule has 1 atom stereocenters. The van der Waals surface area contributed by atoms with Crippen LogP contribution in [0.25, 0.3) is 0 Å². The third-order valence-electron chi connectivity index (χ3n) is 5.75. The molecule has 0 saturated carbocycles. The Hall–Kier alpha value is -2.09. The molecule has 2 nitrogen and oxygen atoms in total. The Morgan fingerprint density at radius 3 is 2.42 bits per heavy atom. The molecule has 0 spiro atoms. The fraction of sp³-hybridized carbons (Fsp3) is 0.409. The van der Waals surface area contributed by atoms with Crippen molar-refractivity contribution in [3.63, 3.8) is 0 Å². The van der Waals surface area contributed by atoms with Gasteiger partial charge in [-0.25, -0.2) is 4.99 Å². The Morgan fingerprint density at radius 1 is 1.04 bits per heavy atom. The van der Waals surface area contributed by atoms with Crippen LogP contribution in [0.3, 0.4) is 0 Å². The molecule has 1 aliphatic heterocycles. The summed E-state index contributed by atoms with van der Waals surface area (Å²) in [5.74, 6) is 0.620.